The van der Waals surface area contributed by atoms with E-state index in [0.717, 1.165) is 19.3 Å². The van der Waals surface area contributed by atoms with Crippen LogP contribution in [0.15, 0.2) is 0 Å². The molecule has 0 aromatic carbocycles. The lowest BCUT2D eigenvalue weighted by molar-refractivity contribution is -0.150. The van der Waals surface area contributed by atoms with Crippen molar-refractivity contribution in [2.75, 3.05) is 14.2 Å². The van der Waals surface area contributed by atoms with E-state index in [2.05, 4.69) is 32.4 Å². The Hall–Kier alpha value is -1.06. The van der Waals surface area contributed by atoms with Crippen molar-refractivity contribution in [2.45, 2.75) is 85.5 Å². The maximum Gasteiger partial charge on any atom is 0.309 e. The fraction of sp³-hybridized carbons (Fsp3) is 0.905. The van der Waals surface area contributed by atoms with Gasteiger partial charge in [-0.25, -0.2) is 0 Å². The van der Waals surface area contributed by atoms with Crippen molar-refractivity contribution in [2.24, 2.45) is 23.7 Å². The number of rotatable bonds is 14. The molecule has 0 radical (unpaired) electrons. The van der Waals surface area contributed by atoms with Crippen LogP contribution >= 0.6 is 0 Å². The fourth-order valence-electron chi connectivity index (χ4n) is 3.64. The third kappa shape index (κ3) is 10.5. The quantitative estimate of drug-likeness (QED) is 0.309. The monoisotopic (exact) mass is 356 g/mol. The van der Waals surface area contributed by atoms with Crippen molar-refractivity contribution >= 4 is 11.9 Å². The minimum atomic E-state index is -0.106. The lowest BCUT2D eigenvalue weighted by atomic mass is 9.74. The van der Waals surface area contributed by atoms with Crippen molar-refractivity contribution in [3.8, 4) is 0 Å². The van der Waals surface area contributed by atoms with E-state index < -0.39 is 0 Å². The Balaban J connectivity index is 4.01. The van der Waals surface area contributed by atoms with Gasteiger partial charge in [0.25, 0.3) is 0 Å². The summed E-state index contributed by atoms with van der Waals surface area (Å²) in [5.41, 5.74) is 0. The predicted molar refractivity (Wildman–Crippen MR) is 102 cm³/mol. The van der Waals surface area contributed by atoms with Gasteiger partial charge in [0.15, 0.2) is 0 Å². The summed E-state index contributed by atoms with van der Waals surface area (Å²) in [5.74, 6) is 1.04. The summed E-state index contributed by atoms with van der Waals surface area (Å²) in [7, 11) is 2.94. The fourth-order valence-corrected chi connectivity index (χ4v) is 3.64. The highest BCUT2D eigenvalue weighted by Crippen LogP contribution is 2.33. The van der Waals surface area contributed by atoms with Gasteiger partial charge in [0.05, 0.1) is 20.1 Å². The second-order valence-corrected chi connectivity index (χ2v) is 7.79. The molecule has 0 heterocycles. The normalized spacial score (nSPS) is 13.8. The number of carbonyl (C=O) groups is 2. The third-order valence-corrected chi connectivity index (χ3v) is 5.16. The molecule has 0 N–H and O–H groups in total. The van der Waals surface area contributed by atoms with Gasteiger partial charge in [-0.2, -0.15) is 0 Å². The molecule has 2 unspecified atom stereocenters. The molecule has 4 nitrogen and oxygen atoms in total. The van der Waals surface area contributed by atoms with E-state index in [9.17, 15) is 9.59 Å². The van der Waals surface area contributed by atoms with E-state index in [1.54, 1.807) is 0 Å². The van der Waals surface area contributed by atoms with Gasteiger partial charge >= 0.3 is 11.9 Å². The molecule has 0 saturated heterocycles. The highest BCUT2D eigenvalue weighted by molar-refractivity contribution is 5.73. The smallest absolute Gasteiger partial charge is 0.309 e. The van der Waals surface area contributed by atoms with Crippen LogP contribution in [0.3, 0.4) is 0 Å². The Morgan fingerprint density at radius 3 is 1.68 bits per heavy atom. The molecule has 0 aliphatic heterocycles. The number of hydrogen-bond acceptors (Lipinski definition) is 4. The van der Waals surface area contributed by atoms with Crippen LogP contribution in [0.25, 0.3) is 0 Å². The Morgan fingerprint density at radius 1 is 0.720 bits per heavy atom. The molecule has 0 aliphatic carbocycles. The number of unbranched alkanes of at least 4 members (excludes halogenated alkanes) is 6. The first kappa shape index (κ1) is 23.9. The Kier molecular flexibility index (Phi) is 13.5. The van der Waals surface area contributed by atoms with Gasteiger partial charge in [0.2, 0.25) is 0 Å². The van der Waals surface area contributed by atoms with Crippen LogP contribution in [-0.2, 0) is 19.1 Å². The van der Waals surface area contributed by atoms with Gasteiger partial charge in [-0.15, -0.1) is 0 Å². The minimum Gasteiger partial charge on any atom is -0.469 e. The molecule has 0 aliphatic rings. The van der Waals surface area contributed by atoms with Crippen LogP contribution in [0.1, 0.15) is 85.5 Å². The lowest BCUT2D eigenvalue weighted by Gasteiger charge is -2.31. The number of carbonyl (C=O) groups excluding carboxylic acids is 2. The van der Waals surface area contributed by atoms with E-state index in [1.165, 1.54) is 46.3 Å². The number of ether oxygens (including phenoxy) is 2. The van der Waals surface area contributed by atoms with Gasteiger partial charge < -0.3 is 9.47 Å². The molecule has 2 atom stereocenters. The summed E-state index contributed by atoms with van der Waals surface area (Å²) in [5, 5.41) is 0. The molecule has 0 amide bonds. The number of hydrogen-bond donors (Lipinski definition) is 0. The lowest BCUT2D eigenvalue weighted by Crippen LogP contribution is -2.32. The first-order valence-electron chi connectivity index (χ1n) is 9.99. The zero-order valence-electron chi connectivity index (χ0n) is 17.3. The molecule has 0 fully saturated rings. The molecule has 0 rings (SSSR count). The number of esters is 2. The van der Waals surface area contributed by atoms with Crippen LogP contribution in [0, 0.1) is 23.7 Å². The summed E-state index contributed by atoms with van der Waals surface area (Å²) in [6.07, 6.45) is 9.68. The second kappa shape index (κ2) is 14.1. The average Bonchev–Trinajstić information content (AvgIpc) is 2.57. The molecule has 0 saturated carbocycles. The van der Waals surface area contributed by atoms with E-state index in [0.29, 0.717) is 24.2 Å². The van der Waals surface area contributed by atoms with E-state index in [-0.39, 0.29) is 17.9 Å². The second-order valence-electron chi connectivity index (χ2n) is 7.79. The van der Waals surface area contributed by atoms with Gasteiger partial charge in [-0.1, -0.05) is 66.2 Å². The van der Waals surface area contributed by atoms with Crippen LogP contribution < -0.4 is 0 Å². The summed E-state index contributed by atoms with van der Waals surface area (Å²) in [6, 6.07) is 0. The molecule has 148 valence electrons. The average molecular weight is 357 g/mol. The first-order valence-corrected chi connectivity index (χ1v) is 9.99. The van der Waals surface area contributed by atoms with E-state index >= 15 is 0 Å². The van der Waals surface area contributed by atoms with Gasteiger partial charge in [0.1, 0.15) is 0 Å². The van der Waals surface area contributed by atoms with Crippen molar-refractivity contribution in [3.63, 3.8) is 0 Å². The van der Waals surface area contributed by atoms with E-state index in [1.807, 2.05) is 0 Å². The van der Waals surface area contributed by atoms with Gasteiger partial charge in [0, 0.05) is 6.42 Å². The van der Waals surface area contributed by atoms with Crippen molar-refractivity contribution in [1.29, 1.82) is 0 Å². The van der Waals surface area contributed by atoms with Gasteiger partial charge in [-0.05, 0) is 30.6 Å². The summed E-state index contributed by atoms with van der Waals surface area (Å²) >= 11 is 0. The SMILES string of the molecule is COC(=O)CCCCCCCCCC(C(C)C)C(C(=O)OC)C(C)C. The molecule has 4 heteroatoms. The molecule has 0 aromatic heterocycles. The maximum atomic E-state index is 12.1. The Labute approximate surface area is 155 Å². The van der Waals surface area contributed by atoms with Crippen LogP contribution in [0.4, 0.5) is 0 Å². The zero-order chi connectivity index (χ0) is 19.2. The first-order chi connectivity index (χ1) is 11.8. The summed E-state index contributed by atoms with van der Waals surface area (Å²) in [6.45, 7) is 8.66. The molecular formula is C21H40O4. The largest absolute Gasteiger partial charge is 0.469 e. The highest BCUT2D eigenvalue weighted by Gasteiger charge is 2.33. The van der Waals surface area contributed by atoms with Crippen LogP contribution in [0.2, 0.25) is 0 Å². The topological polar surface area (TPSA) is 52.6 Å². The molecule has 25 heavy (non-hydrogen) atoms. The summed E-state index contributed by atoms with van der Waals surface area (Å²) in [4.78, 5) is 23.2. The Morgan fingerprint density at radius 2 is 1.24 bits per heavy atom. The molecule has 0 bridgehead atoms. The Bertz CT molecular complexity index is 363. The summed E-state index contributed by atoms with van der Waals surface area (Å²) < 4.78 is 9.68. The highest BCUT2D eigenvalue weighted by atomic mass is 16.5. The molecule has 0 spiro atoms. The van der Waals surface area contributed by atoms with Gasteiger partial charge in [-0.3, -0.25) is 9.59 Å². The van der Waals surface area contributed by atoms with Crippen molar-refractivity contribution in [3.05, 3.63) is 0 Å². The minimum absolute atomic E-state index is 0.00308. The molecular weight excluding hydrogens is 316 g/mol. The standard InChI is InChI=1S/C21H40O4/c1-16(2)18(20(17(3)4)21(23)25-6)14-12-10-8-7-9-11-13-15-19(22)24-5/h16-18,20H,7-15H2,1-6H3. The van der Waals surface area contributed by atoms with Crippen LogP contribution in [0.5, 0.6) is 0 Å². The van der Waals surface area contributed by atoms with E-state index in [4.69, 9.17) is 4.74 Å². The maximum absolute atomic E-state index is 12.1. The number of methoxy groups -OCH3 is 2. The zero-order valence-corrected chi connectivity index (χ0v) is 17.3. The van der Waals surface area contributed by atoms with Crippen LogP contribution in [-0.4, -0.2) is 26.2 Å². The third-order valence-electron chi connectivity index (χ3n) is 5.16. The predicted octanol–water partition coefficient (Wildman–Crippen LogP) is 5.39. The van der Waals surface area contributed by atoms with Crippen molar-refractivity contribution < 1.29 is 19.1 Å². The molecule has 0 aromatic rings. The van der Waals surface area contributed by atoms with Crippen molar-refractivity contribution in [1.82, 2.24) is 0 Å².